The molecule has 3 heteroatoms. The Balaban J connectivity index is 1.81. The van der Waals surface area contributed by atoms with Crippen molar-refractivity contribution in [2.75, 3.05) is 6.54 Å². The standard InChI is InChI=1S/C14H19NO2/c16-14(17)12-5-3-4-11(10-12)8-9-15-13-6-1-2-7-13/h3-5,10,13,15H,1-2,6-9H2,(H,16,17). The molecule has 1 fully saturated rings. The Kier molecular flexibility index (Phi) is 4.15. The number of carboxylic acids is 1. The van der Waals surface area contributed by atoms with E-state index in [0.29, 0.717) is 11.6 Å². The van der Waals surface area contributed by atoms with Crippen molar-refractivity contribution in [3.63, 3.8) is 0 Å². The molecule has 0 radical (unpaired) electrons. The van der Waals surface area contributed by atoms with Crippen LogP contribution in [0.5, 0.6) is 0 Å². The molecule has 2 rings (SSSR count). The number of hydrogen-bond acceptors (Lipinski definition) is 2. The van der Waals surface area contributed by atoms with Gasteiger partial charge >= 0.3 is 5.97 Å². The molecular weight excluding hydrogens is 214 g/mol. The lowest BCUT2D eigenvalue weighted by atomic mass is 10.1. The van der Waals surface area contributed by atoms with Crippen LogP contribution in [0.15, 0.2) is 24.3 Å². The molecule has 1 aromatic carbocycles. The van der Waals surface area contributed by atoms with Crippen LogP contribution >= 0.6 is 0 Å². The summed E-state index contributed by atoms with van der Waals surface area (Å²) in [6.07, 6.45) is 6.15. The molecule has 1 saturated carbocycles. The maximum Gasteiger partial charge on any atom is 0.335 e. The van der Waals surface area contributed by atoms with Crippen LogP contribution in [-0.2, 0) is 6.42 Å². The highest BCUT2D eigenvalue weighted by Crippen LogP contribution is 2.17. The summed E-state index contributed by atoms with van der Waals surface area (Å²) in [5.74, 6) is -0.851. The number of nitrogens with one attached hydrogen (secondary N) is 1. The average molecular weight is 233 g/mol. The van der Waals surface area contributed by atoms with Crippen LogP contribution in [0.3, 0.4) is 0 Å². The van der Waals surface area contributed by atoms with E-state index in [0.717, 1.165) is 18.5 Å². The van der Waals surface area contributed by atoms with Gasteiger partial charge in [-0.25, -0.2) is 4.79 Å². The van der Waals surface area contributed by atoms with E-state index in [2.05, 4.69) is 5.32 Å². The number of benzene rings is 1. The first-order chi connectivity index (χ1) is 8.25. The SMILES string of the molecule is O=C(O)c1cccc(CCNC2CCCC2)c1. The molecular formula is C14H19NO2. The zero-order chi connectivity index (χ0) is 12.1. The van der Waals surface area contributed by atoms with E-state index in [4.69, 9.17) is 5.11 Å². The molecule has 3 nitrogen and oxygen atoms in total. The lowest BCUT2D eigenvalue weighted by Gasteiger charge is -2.11. The Bertz CT molecular complexity index is 384. The van der Waals surface area contributed by atoms with E-state index in [1.54, 1.807) is 12.1 Å². The molecule has 0 amide bonds. The first-order valence-corrected chi connectivity index (χ1v) is 6.31. The predicted octanol–water partition coefficient (Wildman–Crippen LogP) is 2.46. The Hall–Kier alpha value is -1.35. The van der Waals surface area contributed by atoms with Gasteiger partial charge < -0.3 is 10.4 Å². The van der Waals surface area contributed by atoms with Gasteiger partial charge in [0, 0.05) is 6.04 Å². The van der Waals surface area contributed by atoms with Crippen LogP contribution < -0.4 is 5.32 Å². The van der Waals surface area contributed by atoms with Gasteiger partial charge in [-0.05, 0) is 43.5 Å². The van der Waals surface area contributed by atoms with Crippen molar-refractivity contribution in [2.24, 2.45) is 0 Å². The minimum Gasteiger partial charge on any atom is -0.478 e. The average Bonchev–Trinajstić information content (AvgIpc) is 2.82. The zero-order valence-electron chi connectivity index (χ0n) is 9.98. The fraction of sp³-hybridized carbons (Fsp3) is 0.500. The first-order valence-electron chi connectivity index (χ1n) is 6.31. The Morgan fingerprint density at radius 3 is 2.82 bits per heavy atom. The molecule has 2 N–H and O–H groups in total. The fourth-order valence-corrected chi connectivity index (χ4v) is 2.41. The molecule has 17 heavy (non-hydrogen) atoms. The van der Waals surface area contributed by atoms with Crippen molar-refractivity contribution in [2.45, 2.75) is 38.1 Å². The summed E-state index contributed by atoms with van der Waals surface area (Å²) >= 11 is 0. The van der Waals surface area contributed by atoms with E-state index < -0.39 is 5.97 Å². The second kappa shape index (κ2) is 5.82. The molecule has 0 bridgehead atoms. The van der Waals surface area contributed by atoms with Crippen molar-refractivity contribution in [1.29, 1.82) is 0 Å². The fourth-order valence-electron chi connectivity index (χ4n) is 2.41. The summed E-state index contributed by atoms with van der Waals surface area (Å²) < 4.78 is 0. The summed E-state index contributed by atoms with van der Waals surface area (Å²) in [7, 11) is 0. The number of rotatable bonds is 5. The third-order valence-corrected chi connectivity index (χ3v) is 3.38. The Labute approximate surface area is 102 Å². The number of carboxylic acid groups (broad SMARTS) is 1. The molecule has 0 heterocycles. The minimum absolute atomic E-state index is 0.378. The second-order valence-corrected chi connectivity index (χ2v) is 4.69. The third-order valence-electron chi connectivity index (χ3n) is 3.38. The smallest absolute Gasteiger partial charge is 0.335 e. The van der Waals surface area contributed by atoms with Crippen molar-refractivity contribution in [1.82, 2.24) is 5.32 Å². The molecule has 1 aliphatic carbocycles. The lowest BCUT2D eigenvalue weighted by molar-refractivity contribution is 0.0697. The summed E-state index contributed by atoms with van der Waals surface area (Å²) in [5.41, 5.74) is 1.47. The van der Waals surface area contributed by atoms with Crippen LogP contribution in [-0.4, -0.2) is 23.7 Å². The maximum atomic E-state index is 10.8. The van der Waals surface area contributed by atoms with Crippen LogP contribution in [0.4, 0.5) is 0 Å². The topological polar surface area (TPSA) is 49.3 Å². The maximum absolute atomic E-state index is 10.8. The molecule has 92 valence electrons. The van der Waals surface area contributed by atoms with Crippen molar-refractivity contribution < 1.29 is 9.90 Å². The van der Waals surface area contributed by atoms with Gasteiger partial charge in [-0.1, -0.05) is 25.0 Å². The largest absolute Gasteiger partial charge is 0.478 e. The summed E-state index contributed by atoms with van der Waals surface area (Å²) in [6, 6.07) is 7.88. The highest BCUT2D eigenvalue weighted by Gasteiger charge is 2.13. The molecule has 1 aromatic rings. The predicted molar refractivity (Wildman–Crippen MR) is 67.4 cm³/mol. The highest BCUT2D eigenvalue weighted by atomic mass is 16.4. The molecule has 0 unspecified atom stereocenters. The first kappa shape index (κ1) is 12.1. The van der Waals surface area contributed by atoms with Crippen molar-refractivity contribution in [3.05, 3.63) is 35.4 Å². The molecule has 0 spiro atoms. The summed E-state index contributed by atoms with van der Waals surface area (Å²) in [5, 5.41) is 12.4. The van der Waals surface area contributed by atoms with Crippen LogP contribution in [0, 0.1) is 0 Å². The number of hydrogen-bond donors (Lipinski definition) is 2. The van der Waals surface area contributed by atoms with Gasteiger partial charge in [0.1, 0.15) is 0 Å². The van der Waals surface area contributed by atoms with Gasteiger partial charge in [0.15, 0.2) is 0 Å². The van der Waals surface area contributed by atoms with E-state index in [9.17, 15) is 4.79 Å². The van der Waals surface area contributed by atoms with E-state index in [-0.39, 0.29) is 0 Å². The monoisotopic (exact) mass is 233 g/mol. The van der Waals surface area contributed by atoms with E-state index in [1.165, 1.54) is 25.7 Å². The minimum atomic E-state index is -0.851. The summed E-state index contributed by atoms with van der Waals surface area (Å²) in [6.45, 7) is 0.938. The highest BCUT2D eigenvalue weighted by molar-refractivity contribution is 5.87. The Morgan fingerprint density at radius 2 is 2.12 bits per heavy atom. The van der Waals surface area contributed by atoms with Gasteiger partial charge in [-0.2, -0.15) is 0 Å². The van der Waals surface area contributed by atoms with Gasteiger partial charge in [-0.15, -0.1) is 0 Å². The van der Waals surface area contributed by atoms with Gasteiger partial charge in [0.25, 0.3) is 0 Å². The zero-order valence-corrected chi connectivity index (χ0v) is 9.98. The van der Waals surface area contributed by atoms with Crippen LogP contribution in [0.2, 0.25) is 0 Å². The Morgan fingerprint density at radius 1 is 1.35 bits per heavy atom. The molecule has 0 aliphatic heterocycles. The lowest BCUT2D eigenvalue weighted by Crippen LogP contribution is -2.28. The van der Waals surface area contributed by atoms with Crippen molar-refractivity contribution >= 4 is 5.97 Å². The molecule has 1 aliphatic rings. The van der Waals surface area contributed by atoms with Crippen LogP contribution in [0.25, 0.3) is 0 Å². The third kappa shape index (κ3) is 3.56. The van der Waals surface area contributed by atoms with Gasteiger partial charge in [-0.3, -0.25) is 0 Å². The molecule has 0 aromatic heterocycles. The second-order valence-electron chi connectivity index (χ2n) is 4.69. The van der Waals surface area contributed by atoms with Crippen LogP contribution in [0.1, 0.15) is 41.6 Å². The van der Waals surface area contributed by atoms with Gasteiger partial charge in [0.05, 0.1) is 5.56 Å². The number of aromatic carboxylic acids is 1. The molecule has 0 atom stereocenters. The van der Waals surface area contributed by atoms with Gasteiger partial charge in [0.2, 0.25) is 0 Å². The number of carbonyl (C=O) groups is 1. The van der Waals surface area contributed by atoms with Crippen molar-refractivity contribution in [3.8, 4) is 0 Å². The molecule has 0 saturated heterocycles. The quantitative estimate of drug-likeness (QED) is 0.821. The summed E-state index contributed by atoms with van der Waals surface area (Å²) in [4.78, 5) is 10.8. The van der Waals surface area contributed by atoms with E-state index in [1.807, 2.05) is 12.1 Å². The van der Waals surface area contributed by atoms with E-state index >= 15 is 0 Å². The normalized spacial score (nSPS) is 16.2.